The van der Waals surface area contributed by atoms with Gasteiger partial charge in [-0.2, -0.15) is 4.98 Å². The van der Waals surface area contributed by atoms with Gasteiger partial charge < -0.3 is 10.6 Å². The summed E-state index contributed by atoms with van der Waals surface area (Å²) in [6, 6.07) is 2.24. The summed E-state index contributed by atoms with van der Waals surface area (Å²) in [6.45, 7) is 6.63. The Bertz CT molecular complexity index is 599. The molecule has 0 bridgehead atoms. The zero-order chi connectivity index (χ0) is 14.1. The second-order valence-electron chi connectivity index (χ2n) is 5.53. The zero-order valence-corrected chi connectivity index (χ0v) is 13.0. The van der Waals surface area contributed by atoms with Crippen molar-refractivity contribution in [2.24, 2.45) is 5.92 Å². The van der Waals surface area contributed by atoms with E-state index in [0.29, 0.717) is 5.95 Å². The maximum absolute atomic E-state index is 5.89. The van der Waals surface area contributed by atoms with E-state index in [1.807, 2.05) is 0 Å². The van der Waals surface area contributed by atoms with Crippen molar-refractivity contribution in [2.75, 3.05) is 23.7 Å². The summed E-state index contributed by atoms with van der Waals surface area (Å²) in [5.41, 5.74) is 5.89. The molecule has 0 spiro atoms. The lowest BCUT2D eigenvalue weighted by Crippen LogP contribution is -2.34. The molecule has 0 aliphatic carbocycles. The summed E-state index contributed by atoms with van der Waals surface area (Å²) in [5.74, 6) is 2.31. The smallest absolute Gasteiger partial charge is 0.223 e. The number of hydrogen-bond acceptors (Lipinski definition) is 5. The van der Waals surface area contributed by atoms with Crippen molar-refractivity contribution in [1.29, 1.82) is 0 Å². The number of rotatable bonds is 3. The average Bonchev–Trinajstić information content (AvgIpc) is 2.89. The molecule has 0 unspecified atom stereocenters. The summed E-state index contributed by atoms with van der Waals surface area (Å²) in [7, 11) is 0. The van der Waals surface area contributed by atoms with Crippen LogP contribution in [0.2, 0.25) is 0 Å². The van der Waals surface area contributed by atoms with Crippen LogP contribution >= 0.6 is 11.3 Å². The van der Waals surface area contributed by atoms with Crippen molar-refractivity contribution in [3.8, 4) is 0 Å². The Morgan fingerprint density at radius 3 is 2.70 bits per heavy atom. The molecule has 0 saturated carbocycles. The van der Waals surface area contributed by atoms with Crippen LogP contribution in [0.3, 0.4) is 0 Å². The third-order valence-electron chi connectivity index (χ3n) is 4.28. The molecule has 5 heteroatoms. The van der Waals surface area contributed by atoms with Crippen LogP contribution in [0.25, 0.3) is 10.2 Å². The van der Waals surface area contributed by atoms with E-state index >= 15 is 0 Å². The molecule has 3 rings (SSSR count). The van der Waals surface area contributed by atoms with Crippen molar-refractivity contribution in [2.45, 2.75) is 39.5 Å². The predicted octanol–water partition coefficient (Wildman–Crippen LogP) is 3.46. The second kappa shape index (κ2) is 5.56. The molecule has 108 valence electrons. The van der Waals surface area contributed by atoms with E-state index in [1.54, 1.807) is 11.3 Å². The van der Waals surface area contributed by atoms with Crippen molar-refractivity contribution in [1.82, 2.24) is 9.97 Å². The number of aromatic nitrogens is 2. The lowest BCUT2D eigenvalue weighted by molar-refractivity contribution is 0.394. The molecule has 2 aromatic rings. The molecular formula is C15H22N4S. The molecule has 3 heterocycles. The third kappa shape index (κ3) is 2.46. The van der Waals surface area contributed by atoms with Crippen LogP contribution in [-0.2, 0) is 6.42 Å². The van der Waals surface area contributed by atoms with Crippen LogP contribution in [-0.4, -0.2) is 23.1 Å². The first kappa shape index (κ1) is 13.6. The van der Waals surface area contributed by atoms with Crippen molar-refractivity contribution < 1.29 is 0 Å². The van der Waals surface area contributed by atoms with Gasteiger partial charge in [-0.1, -0.05) is 20.3 Å². The highest BCUT2D eigenvalue weighted by atomic mass is 32.1. The van der Waals surface area contributed by atoms with Gasteiger partial charge in [0.05, 0.1) is 5.39 Å². The first-order chi connectivity index (χ1) is 9.71. The van der Waals surface area contributed by atoms with Gasteiger partial charge in [0.25, 0.3) is 0 Å². The van der Waals surface area contributed by atoms with Crippen molar-refractivity contribution in [3.05, 3.63) is 10.9 Å². The van der Waals surface area contributed by atoms with E-state index in [2.05, 4.69) is 34.8 Å². The van der Waals surface area contributed by atoms with Crippen LogP contribution in [0.15, 0.2) is 6.07 Å². The average molecular weight is 290 g/mol. The predicted molar refractivity (Wildman–Crippen MR) is 86.4 cm³/mol. The first-order valence-electron chi connectivity index (χ1n) is 7.52. The maximum Gasteiger partial charge on any atom is 0.223 e. The van der Waals surface area contributed by atoms with Crippen LogP contribution in [0.1, 0.15) is 38.0 Å². The monoisotopic (exact) mass is 290 g/mol. The molecule has 1 aliphatic rings. The number of aryl methyl sites for hydroxylation is 1. The number of nitrogens with zero attached hydrogens (tertiary/aromatic N) is 3. The minimum Gasteiger partial charge on any atom is -0.368 e. The molecule has 20 heavy (non-hydrogen) atoms. The molecule has 2 N–H and O–H groups in total. The van der Waals surface area contributed by atoms with Gasteiger partial charge in [-0.3, -0.25) is 0 Å². The number of hydrogen-bond donors (Lipinski definition) is 1. The van der Waals surface area contributed by atoms with Gasteiger partial charge >= 0.3 is 0 Å². The van der Waals surface area contributed by atoms with Gasteiger partial charge in [-0.15, -0.1) is 11.3 Å². The van der Waals surface area contributed by atoms with Crippen LogP contribution in [0.5, 0.6) is 0 Å². The number of nitrogens with two attached hydrogens (primary N) is 1. The van der Waals surface area contributed by atoms with Gasteiger partial charge in [0, 0.05) is 18.0 Å². The Balaban J connectivity index is 1.96. The Morgan fingerprint density at radius 2 is 2.05 bits per heavy atom. The van der Waals surface area contributed by atoms with Crippen LogP contribution < -0.4 is 10.6 Å². The highest BCUT2D eigenvalue weighted by Gasteiger charge is 2.22. The first-order valence-corrected chi connectivity index (χ1v) is 8.33. The second-order valence-corrected chi connectivity index (χ2v) is 6.64. The van der Waals surface area contributed by atoms with E-state index in [1.165, 1.54) is 29.5 Å². The Labute approximate surface area is 124 Å². The van der Waals surface area contributed by atoms with Gasteiger partial charge in [-0.25, -0.2) is 4.98 Å². The molecule has 1 fully saturated rings. The van der Waals surface area contributed by atoms with E-state index in [0.717, 1.165) is 36.1 Å². The number of anilines is 2. The molecule has 1 saturated heterocycles. The molecule has 0 atom stereocenters. The van der Waals surface area contributed by atoms with E-state index in [4.69, 9.17) is 5.73 Å². The fourth-order valence-electron chi connectivity index (χ4n) is 2.94. The zero-order valence-electron chi connectivity index (χ0n) is 12.2. The van der Waals surface area contributed by atoms with E-state index in [9.17, 15) is 0 Å². The van der Waals surface area contributed by atoms with E-state index < -0.39 is 0 Å². The van der Waals surface area contributed by atoms with Gasteiger partial charge in [0.1, 0.15) is 10.6 Å². The number of nitrogen functional groups attached to an aromatic ring is 1. The largest absolute Gasteiger partial charge is 0.368 e. The van der Waals surface area contributed by atoms with Gasteiger partial charge in [0.15, 0.2) is 0 Å². The van der Waals surface area contributed by atoms with Crippen LogP contribution in [0.4, 0.5) is 11.8 Å². The lowest BCUT2D eigenvalue weighted by Gasteiger charge is -2.32. The third-order valence-corrected chi connectivity index (χ3v) is 5.45. The minimum atomic E-state index is 0.398. The quantitative estimate of drug-likeness (QED) is 0.940. The lowest BCUT2D eigenvalue weighted by atomic mass is 9.94. The minimum absolute atomic E-state index is 0.398. The summed E-state index contributed by atoms with van der Waals surface area (Å²) in [5, 5.41) is 1.18. The van der Waals surface area contributed by atoms with Crippen molar-refractivity contribution >= 4 is 33.3 Å². The normalized spacial score (nSPS) is 17.0. The Morgan fingerprint density at radius 1 is 1.30 bits per heavy atom. The standard InChI is InChI=1S/C15H22N4S/c1-3-10-5-7-19(8-6-10)13-12-9-11(4-2)20-14(12)18-15(16)17-13/h9-10H,3-8H2,1-2H3,(H2,16,17,18). The van der Waals surface area contributed by atoms with Gasteiger partial charge in [-0.05, 0) is 31.2 Å². The fourth-order valence-corrected chi connectivity index (χ4v) is 3.91. The number of piperidine rings is 1. The van der Waals surface area contributed by atoms with Gasteiger partial charge in [0.2, 0.25) is 5.95 Å². The van der Waals surface area contributed by atoms with Crippen molar-refractivity contribution in [3.63, 3.8) is 0 Å². The molecular weight excluding hydrogens is 268 g/mol. The maximum atomic E-state index is 5.89. The number of fused-ring (bicyclic) bond motifs is 1. The topological polar surface area (TPSA) is 55.0 Å². The van der Waals surface area contributed by atoms with Crippen LogP contribution in [0, 0.1) is 5.92 Å². The Kier molecular flexibility index (Phi) is 3.78. The molecule has 1 aliphatic heterocycles. The Hall–Kier alpha value is -1.36. The highest BCUT2D eigenvalue weighted by molar-refractivity contribution is 7.18. The number of thiophene rings is 1. The highest BCUT2D eigenvalue weighted by Crippen LogP contribution is 2.34. The molecule has 0 amide bonds. The fraction of sp³-hybridized carbons (Fsp3) is 0.600. The molecule has 2 aromatic heterocycles. The van der Waals surface area contributed by atoms with E-state index in [-0.39, 0.29) is 0 Å². The summed E-state index contributed by atoms with van der Waals surface area (Å²) in [6.07, 6.45) is 4.84. The molecule has 0 aromatic carbocycles. The summed E-state index contributed by atoms with van der Waals surface area (Å²) >= 11 is 1.74. The SMILES string of the molecule is CCc1cc2c(N3CCC(CC)CC3)nc(N)nc2s1. The molecule has 0 radical (unpaired) electrons. The summed E-state index contributed by atoms with van der Waals surface area (Å²) < 4.78 is 0. The summed E-state index contributed by atoms with van der Waals surface area (Å²) in [4.78, 5) is 13.7. The molecule has 4 nitrogen and oxygen atoms in total.